The Morgan fingerprint density at radius 1 is 1.40 bits per heavy atom. The largest absolute Gasteiger partial charge is 0.300 e. The zero-order valence-corrected chi connectivity index (χ0v) is 8.95. The molecule has 1 aromatic carbocycles. The Morgan fingerprint density at radius 3 is 2.93 bits per heavy atom. The molecule has 1 aromatic heterocycles. The van der Waals surface area contributed by atoms with Crippen molar-refractivity contribution in [2.24, 2.45) is 0 Å². The molecule has 2 aromatic rings. The second-order valence-electron chi connectivity index (χ2n) is 3.88. The van der Waals surface area contributed by atoms with Crippen molar-refractivity contribution in [2.45, 2.75) is 20.3 Å². The molecular weight excluding hydrogens is 186 g/mol. The van der Waals surface area contributed by atoms with Crippen molar-refractivity contribution in [3.8, 4) is 0 Å². The highest BCUT2D eigenvalue weighted by molar-refractivity contribution is 5.87. The van der Waals surface area contributed by atoms with Crippen LogP contribution in [0.15, 0.2) is 30.5 Å². The molecule has 0 aliphatic carbocycles. The number of carbonyl (C=O) groups excluding carboxylic acids is 1. The monoisotopic (exact) mass is 199 g/mol. The molecule has 2 nitrogen and oxygen atoms in total. The number of benzene rings is 1. The second-order valence-corrected chi connectivity index (χ2v) is 3.88. The molecule has 76 valence electrons. The lowest BCUT2D eigenvalue weighted by molar-refractivity contribution is -0.116. The molecule has 2 rings (SSSR count). The highest BCUT2D eigenvalue weighted by atomic mass is 16.1. The number of hydrogen-bond donors (Lipinski definition) is 0. The van der Waals surface area contributed by atoms with E-state index in [2.05, 4.69) is 11.1 Å². The topological polar surface area (TPSA) is 30.0 Å². The molecule has 0 spiro atoms. The minimum atomic E-state index is 0.171. The Hall–Kier alpha value is -1.70. The standard InChI is InChI=1S/C13H13NO/c1-9-6-11-4-3-5-12(7-10(2)15)13(11)14-8-9/h3-6,8H,7H2,1-2H3. The van der Waals surface area contributed by atoms with Crippen LogP contribution in [0.1, 0.15) is 18.1 Å². The molecule has 0 saturated heterocycles. The Balaban J connectivity index is 2.60. The van der Waals surface area contributed by atoms with Crippen LogP contribution < -0.4 is 0 Å². The lowest BCUT2D eigenvalue weighted by Gasteiger charge is -2.04. The lowest BCUT2D eigenvalue weighted by atomic mass is 10.0. The number of Topliss-reactive ketones (excluding diaryl/α,β-unsaturated/α-hetero) is 1. The SMILES string of the molecule is CC(=O)Cc1cccc2cc(C)cnc12. The van der Waals surface area contributed by atoms with Crippen molar-refractivity contribution in [3.05, 3.63) is 41.6 Å². The summed E-state index contributed by atoms with van der Waals surface area (Å²) in [5.74, 6) is 0.171. The summed E-state index contributed by atoms with van der Waals surface area (Å²) >= 11 is 0. The maximum atomic E-state index is 11.1. The molecule has 0 aliphatic heterocycles. The molecule has 15 heavy (non-hydrogen) atoms. The van der Waals surface area contributed by atoms with Gasteiger partial charge in [-0.3, -0.25) is 9.78 Å². The van der Waals surface area contributed by atoms with Crippen LogP contribution in [0, 0.1) is 6.92 Å². The molecule has 0 atom stereocenters. The summed E-state index contributed by atoms with van der Waals surface area (Å²) in [6.45, 7) is 3.62. The number of rotatable bonds is 2. The van der Waals surface area contributed by atoms with Crippen molar-refractivity contribution >= 4 is 16.7 Å². The summed E-state index contributed by atoms with van der Waals surface area (Å²) in [4.78, 5) is 15.5. The lowest BCUT2D eigenvalue weighted by Crippen LogP contribution is -1.98. The number of ketones is 1. The molecule has 0 N–H and O–H groups in total. The second kappa shape index (κ2) is 3.81. The van der Waals surface area contributed by atoms with Gasteiger partial charge in [0.15, 0.2) is 0 Å². The van der Waals surface area contributed by atoms with Crippen molar-refractivity contribution in [2.75, 3.05) is 0 Å². The summed E-state index contributed by atoms with van der Waals surface area (Å²) in [6.07, 6.45) is 2.30. The van der Waals surface area contributed by atoms with Gasteiger partial charge >= 0.3 is 0 Å². The van der Waals surface area contributed by atoms with Gasteiger partial charge in [-0.05, 0) is 31.0 Å². The van der Waals surface area contributed by atoms with E-state index in [9.17, 15) is 4.79 Å². The fraction of sp³-hybridized carbons (Fsp3) is 0.231. The van der Waals surface area contributed by atoms with Crippen molar-refractivity contribution in [1.29, 1.82) is 0 Å². The molecule has 0 amide bonds. The fourth-order valence-corrected chi connectivity index (χ4v) is 1.74. The molecule has 0 saturated carbocycles. The summed E-state index contributed by atoms with van der Waals surface area (Å²) in [7, 11) is 0. The van der Waals surface area contributed by atoms with Crippen LogP contribution in [0.2, 0.25) is 0 Å². The van der Waals surface area contributed by atoms with Crippen LogP contribution >= 0.6 is 0 Å². The van der Waals surface area contributed by atoms with Gasteiger partial charge < -0.3 is 0 Å². The first-order chi connectivity index (χ1) is 7.16. The highest BCUT2D eigenvalue weighted by Crippen LogP contribution is 2.18. The molecule has 0 fully saturated rings. The molecule has 0 aliphatic rings. The summed E-state index contributed by atoms with van der Waals surface area (Å²) in [6, 6.07) is 8.05. The van der Waals surface area contributed by atoms with Gasteiger partial charge in [0.05, 0.1) is 5.52 Å². The van der Waals surface area contributed by atoms with E-state index < -0.39 is 0 Å². The van der Waals surface area contributed by atoms with E-state index in [1.54, 1.807) is 6.92 Å². The molecule has 0 bridgehead atoms. The zero-order valence-electron chi connectivity index (χ0n) is 8.95. The zero-order chi connectivity index (χ0) is 10.8. The first-order valence-electron chi connectivity index (χ1n) is 5.00. The van der Waals surface area contributed by atoms with Gasteiger partial charge in [-0.25, -0.2) is 0 Å². The predicted octanol–water partition coefficient (Wildman–Crippen LogP) is 2.67. The molecule has 1 heterocycles. The van der Waals surface area contributed by atoms with Crippen LogP contribution in [0.25, 0.3) is 10.9 Å². The number of para-hydroxylation sites is 1. The van der Waals surface area contributed by atoms with Crippen molar-refractivity contribution in [1.82, 2.24) is 4.98 Å². The quantitative estimate of drug-likeness (QED) is 0.744. The van der Waals surface area contributed by atoms with E-state index in [0.717, 1.165) is 22.0 Å². The van der Waals surface area contributed by atoms with E-state index in [4.69, 9.17) is 0 Å². The van der Waals surface area contributed by atoms with Gasteiger partial charge in [-0.2, -0.15) is 0 Å². The average Bonchev–Trinajstić information content (AvgIpc) is 2.16. The Kier molecular flexibility index (Phi) is 2.50. The third-order valence-electron chi connectivity index (χ3n) is 2.37. The smallest absolute Gasteiger partial charge is 0.134 e. The number of pyridine rings is 1. The van der Waals surface area contributed by atoms with E-state index >= 15 is 0 Å². The average molecular weight is 199 g/mol. The van der Waals surface area contributed by atoms with Gasteiger partial charge in [0, 0.05) is 18.0 Å². The summed E-state index contributed by atoms with van der Waals surface area (Å²) < 4.78 is 0. The Labute approximate surface area is 89.0 Å². The highest BCUT2D eigenvalue weighted by Gasteiger charge is 2.04. The van der Waals surface area contributed by atoms with E-state index in [-0.39, 0.29) is 5.78 Å². The van der Waals surface area contributed by atoms with Gasteiger partial charge in [0.2, 0.25) is 0 Å². The van der Waals surface area contributed by atoms with Gasteiger partial charge in [0.1, 0.15) is 5.78 Å². The maximum absolute atomic E-state index is 11.1. The minimum absolute atomic E-state index is 0.171. The third-order valence-corrected chi connectivity index (χ3v) is 2.37. The first-order valence-corrected chi connectivity index (χ1v) is 5.00. The number of nitrogens with zero attached hydrogens (tertiary/aromatic N) is 1. The van der Waals surface area contributed by atoms with E-state index in [1.165, 1.54) is 0 Å². The van der Waals surface area contributed by atoms with Crippen LogP contribution in [0.4, 0.5) is 0 Å². The molecule has 2 heteroatoms. The third kappa shape index (κ3) is 2.04. The summed E-state index contributed by atoms with van der Waals surface area (Å²) in [5, 5.41) is 1.11. The maximum Gasteiger partial charge on any atom is 0.134 e. The van der Waals surface area contributed by atoms with Crippen molar-refractivity contribution < 1.29 is 4.79 Å². The Bertz CT molecular complexity index is 517. The molecule has 0 unspecified atom stereocenters. The normalized spacial score (nSPS) is 10.5. The molecule has 0 radical (unpaired) electrons. The number of carbonyl (C=O) groups is 1. The predicted molar refractivity (Wildman–Crippen MR) is 60.9 cm³/mol. The van der Waals surface area contributed by atoms with Gasteiger partial charge in [0.25, 0.3) is 0 Å². The Morgan fingerprint density at radius 2 is 2.20 bits per heavy atom. The van der Waals surface area contributed by atoms with Crippen molar-refractivity contribution in [3.63, 3.8) is 0 Å². The number of hydrogen-bond acceptors (Lipinski definition) is 2. The van der Waals surface area contributed by atoms with Crippen LogP contribution in [0.5, 0.6) is 0 Å². The van der Waals surface area contributed by atoms with Gasteiger partial charge in [-0.15, -0.1) is 0 Å². The van der Waals surface area contributed by atoms with Crippen LogP contribution in [-0.2, 0) is 11.2 Å². The van der Waals surface area contributed by atoms with E-state index in [0.29, 0.717) is 6.42 Å². The summed E-state index contributed by atoms with van der Waals surface area (Å²) in [5.41, 5.74) is 3.10. The van der Waals surface area contributed by atoms with Gasteiger partial charge in [-0.1, -0.05) is 18.2 Å². The van der Waals surface area contributed by atoms with Crippen LogP contribution in [0.3, 0.4) is 0 Å². The van der Waals surface area contributed by atoms with E-state index in [1.807, 2.05) is 31.3 Å². The minimum Gasteiger partial charge on any atom is -0.300 e. The number of aryl methyl sites for hydroxylation is 1. The number of fused-ring (bicyclic) bond motifs is 1. The number of aromatic nitrogens is 1. The molecular formula is C13H13NO. The first kappa shape index (κ1) is 9.84. The van der Waals surface area contributed by atoms with Crippen LogP contribution in [-0.4, -0.2) is 10.8 Å². The fourth-order valence-electron chi connectivity index (χ4n) is 1.74.